The maximum atomic E-state index is 11.9. The van der Waals surface area contributed by atoms with Crippen molar-refractivity contribution in [2.75, 3.05) is 18.8 Å². The molecule has 2 rings (SSSR count). The first-order valence-electron chi connectivity index (χ1n) is 5.31. The van der Waals surface area contributed by atoms with Gasteiger partial charge in [0.25, 0.3) is 0 Å². The fourth-order valence-electron chi connectivity index (χ4n) is 1.91. The zero-order valence-electron chi connectivity index (χ0n) is 8.76. The molecule has 0 spiro atoms. The van der Waals surface area contributed by atoms with Gasteiger partial charge < -0.3 is 5.73 Å². The molecule has 0 bridgehead atoms. The molecule has 1 heterocycles. The van der Waals surface area contributed by atoms with E-state index in [9.17, 15) is 8.42 Å². The number of halogens is 1. The highest BCUT2D eigenvalue weighted by molar-refractivity contribution is 7.89. The van der Waals surface area contributed by atoms with E-state index in [-0.39, 0.29) is 18.4 Å². The third kappa shape index (κ3) is 3.59. The summed E-state index contributed by atoms with van der Waals surface area (Å²) in [7, 11) is -3.00. The molecule has 15 heavy (non-hydrogen) atoms. The van der Waals surface area contributed by atoms with Crippen molar-refractivity contribution < 1.29 is 8.42 Å². The normalized spacial score (nSPS) is 28.5. The van der Waals surface area contributed by atoms with Crippen LogP contribution in [0.15, 0.2) is 0 Å². The number of piperidine rings is 1. The van der Waals surface area contributed by atoms with Crippen LogP contribution in [-0.4, -0.2) is 37.6 Å². The van der Waals surface area contributed by atoms with Crippen LogP contribution in [0.3, 0.4) is 0 Å². The summed E-state index contributed by atoms with van der Waals surface area (Å²) in [6.07, 6.45) is 4.03. The Morgan fingerprint density at radius 1 is 1.27 bits per heavy atom. The van der Waals surface area contributed by atoms with Crippen LogP contribution in [-0.2, 0) is 10.0 Å². The molecule has 4 nitrogen and oxygen atoms in total. The molecule has 90 valence electrons. The molecule has 2 aliphatic rings. The first-order chi connectivity index (χ1) is 6.58. The van der Waals surface area contributed by atoms with Gasteiger partial charge in [-0.15, -0.1) is 12.4 Å². The van der Waals surface area contributed by atoms with Crippen LogP contribution in [0.4, 0.5) is 0 Å². The smallest absolute Gasteiger partial charge is 0.214 e. The molecule has 1 unspecified atom stereocenters. The summed E-state index contributed by atoms with van der Waals surface area (Å²) < 4.78 is 25.3. The topological polar surface area (TPSA) is 63.4 Å². The van der Waals surface area contributed by atoms with Crippen molar-refractivity contribution >= 4 is 22.4 Å². The highest BCUT2D eigenvalue weighted by Gasteiger charge is 2.33. The summed E-state index contributed by atoms with van der Waals surface area (Å²) in [6.45, 7) is 1.19. The summed E-state index contributed by atoms with van der Waals surface area (Å²) in [5.41, 5.74) is 5.76. The number of nitrogens with zero attached hydrogens (tertiary/aromatic N) is 1. The first-order valence-corrected chi connectivity index (χ1v) is 6.92. The Labute approximate surface area is 97.7 Å². The van der Waals surface area contributed by atoms with Crippen LogP contribution in [0.2, 0.25) is 0 Å². The monoisotopic (exact) mass is 254 g/mol. The minimum atomic E-state index is -3.00. The van der Waals surface area contributed by atoms with Crippen LogP contribution in [0.25, 0.3) is 0 Å². The highest BCUT2D eigenvalue weighted by Crippen LogP contribution is 2.31. The Morgan fingerprint density at radius 2 is 1.93 bits per heavy atom. The van der Waals surface area contributed by atoms with E-state index in [0.717, 1.165) is 25.7 Å². The predicted octanol–water partition coefficient (Wildman–Crippen LogP) is 0.571. The van der Waals surface area contributed by atoms with E-state index in [0.29, 0.717) is 24.8 Å². The molecule has 0 aromatic carbocycles. The van der Waals surface area contributed by atoms with E-state index in [1.165, 1.54) is 0 Å². The second-order valence-electron chi connectivity index (χ2n) is 4.48. The molecule has 0 aromatic heterocycles. The Kier molecular flexibility index (Phi) is 4.40. The zero-order chi connectivity index (χ0) is 10.2. The largest absolute Gasteiger partial charge is 0.327 e. The van der Waals surface area contributed by atoms with Crippen molar-refractivity contribution in [1.82, 2.24) is 4.31 Å². The van der Waals surface area contributed by atoms with Crippen molar-refractivity contribution in [3.8, 4) is 0 Å². The van der Waals surface area contributed by atoms with E-state index >= 15 is 0 Å². The van der Waals surface area contributed by atoms with Crippen molar-refractivity contribution in [2.24, 2.45) is 11.7 Å². The molecule has 0 radical (unpaired) electrons. The summed E-state index contributed by atoms with van der Waals surface area (Å²) in [6, 6.07) is 0.0396. The van der Waals surface area contributed by atoms with Crippen LogP contribution < -0.4 is 5.73 Å². The molecular weight excluding hydrogens is 236 g/mol. The van der Waals surface area contributed by atoms with Crippen LogP contribution in [0.5, 0.6) is 0 Å². The zero-order valence-corrected chi connectivity index (χ0v) is 10.4. The molecule has 1 saturated carbocycles. The van der Waals surface area contributed by atoms with Crippen molar-refractivity contribution in [1.29, 1.82) is 0 Å². The number of hydrogen-bond acceptors (Lipinski definition) is 3. The number of hydrogen-bond donors (Lipinski definition) is 1. The van der Waals surface area contributed by atoms with Crippen LogP contribution in [0.1, 0.15) is 25.7 Å². The van der Waals surface area contributed by atoms with Gasteiger partial charge in [0.05, 0.1) is 5.75 Å². The van der Waals surface area contributed by atoms with Gasteiger partial charge in [-0.25, -0.2) is 12.7 Å². The van der Waals surface area contributed by atoms with Gasteiger partial charge in [-0.2, -0.15) is 0 Å². The molecule has 1 aliphatic heterocycles. The second-order valence-corrected chi connectivity index (χ2v) is 6.50. The molecule has 0 aromatic rings. The van der Waals surface area contributed by atoms with Gasteiger partial charge >= 0.3 is 0 Å². The summed E-state index contributed by atoms with van der Waals surface area (Å²) in [4.78, 5) is 0. The number of sulfonamides is 1. The fourth-order valence-corrected chi connectivity index (χ4v) is 3.88. The molecule has 2 fully saturated rings. The predicted molar refractivity (Wildman–Crippen MR) is 62.5 cm³/mol. The number of nitrogens with two attached hydrogens (primary N) is 1. The van der Waals surface area contributed by atoms with E-state index < -0.39 is 10.0 Å². The maximum Gasteiger partial charge on any atom is 0.214 e. The van der Waals surface area contributed by atoms with Gasteiger partial charge in [0, 0.05) is 19.1 Å². The standard InChI is InChI=1S/C9H18N2O2S.ClH/c10-9-2-1-5-11(6-9)14(12,13)7-8-3-4-8;/h8-9H,1-7,10H2;1H. The van der Waals surface area contributed by atoms with Crippen molar-refractivity contribution in [2.45, 2.75) is 31.7 Å². The third-order valence-corrected chi connectivity index (χ3v) is 4.97. The highest BCUT2D eigenvalue weighted by atomic mass is 35.5. The average molecular weight is 255 g/mol. The van der Waals surface area contributed by atoms with E-state index in [4.69, 9.17) is 5.73 Å². The summed E-state index contributed by atoms with van der Waals surface area (Å²) in [5.74, 6) is 0.776. The van der Waals surface area contributed by atoms with Gasteiger partial charge in [0.2, 0.25) is 10.0 Å². The minimum Gasteiger partial charge on any atom is -0.327 e. The SMILES string of the molecule is Cl.NC1CCCN(S(=O)(=O)CC2CC2)C1. The van der Waals surface area contributed by atoms with Gasteiger partial charge in [-0.1, -0.05) is 0 Å². The van der Waals surface area contributed by atoms with Gasteiger partial charge in [-0.3, -0.25) is 0 Å². The second kappa shape index (κ2) is 4.99. The lowest BCUT2D eigenvalue weighted by Crippen LogP contribution is -2.46. The van der Waals surface area contributed by atoms with Crippen molar-refractivity contribution in [3.05, 3.63) is 0 Å². The van der Waals surface area contributed by atoms with E-state index in [1.807, 2.05) is 0 Å². The van der Waals surface area contributed by atoms with Gasteiger partial charge in [0.1, 0.15) is 0 Å². The Bertz CT molecular complexity index is 303. The molecule has 0 amide bonds. The Morgan fingerprint density at radius 3 is 2.47 bits per heavy atom. The molecule has 1 saturated heterocycles. The van der Waals surface area contributed by atoms with Crippen molar-refractivity contribution in [3.63, 3.8) is 0 Å². The summed E-state index contributed by atoms with van der Waals surface area (Å²) >= 11 is 0. The third-order valence-electron chi connectivity index (χ3n) is 2.96. The first kappa shape index (κ1) is 13.2. The lowest BCUT2D eigenvalue weighted by molar-refractivity contribution is 0.315. The van der Waals surface area contributed by atoms with E-state index in [1.54, 1.807) is 4.31 Å². The molecular formula is C9H19ClN2O2S. The maximum absolute atomic E-state index is 11.9. The van der Waals surface area contributed by atoms with Crippen LogP contribution >= 0.6 is 12.4 Å². The fraction of sp³-hybridized carbons (Fsp3) is 1.00. The minimum absolute atomic E-state index is 0. The van der Waals surface area contributed by atoms with Gasteiger partial charge in [0.15, 0.2) is 0 Å². The lowest BCUT2D eigenvalue weighted by Gasteiger charge is -2.29. The molecule has 1 atom stereocenters. The Hall–Kier alpha value is 0.160. The summed E-state index contributed by atoms with van der Waals surface area (Å²) in [5, 5.41) is 0. The van der Waals surface area contributed by atoms with Crippen LogP contribution in [0, 0.1) is 5.92 Å². The quantitative estimate of drug-likeness (QED) is 0.801. The van der Waals surface area contributed by atoms with Gasteiger partial charge in [-0.05, 0) is 31.6 Å². The number of rotatable bonds is 3. The molecule has 1 aliphatic carbocycles. The molecule has 6 heteroatoms. The van der Waals surface area contributed by atoms with E-state index in [2.05, 4.69) is 0 Å². The average Bonchev–Trinajstić information content (AvgIpc) is 2.87. The molecule has 2 N–H and O–H groups in total. The Balaban J connectivity index is 0.00000112. The lowest BCUT2D eigenvalue weighted by atomic mass is 10.1.